The lowest BCUT2D eigenvalue weighted by Gasteiger charge is -2.27. The van der Waals surface area contributed by atoms with E-state index in [1.165, 1.54) is 0 Å². The molecule has 0 saturated carbocycles. The first-order valence-electron chi connectivity index (χ1n) is 5.11. The van der Waals surface area contributed by atoms with Gasteiger partial charge in [0.2, 0.25) is 0 Å². The Kier molecular flexibility index (Phi) is 8.08. The van der Waals surface area contributed by atoms with Crippen LogP contribution in [0.25, 0.3) is 0 Å². The van der Waals surface area contributed by atoms with Gasteiger partial charge in [0, 0.05) is 25.9 Å². The Morgan fingerprint density at radius 1 is 1.00 bits per heavy atom. The van der Waals surface area contributed by atoms with Crippen LogP contribution in [0.3, 0.4) is 0 Å². The van der Waals surface area contributed by atoms with Gasteiger partial charge in [0.05, 0.1) is 0 Å². The summed E-state index contributed by atoms with van der Waals surface area (Å²) in [5.74, 6) is 0. The number of hydrogen-bond acceptors (Lipinski definition) is 3. The molecule has 4 heteroatoms. The smallest absolute Gasteiger partial charge is 0.374 e. The average molecular weight is 217 g/mol. The molecule has 0 saturated heterocycles. The molecular formula is C10H21O3Si. The van der Waals surface area contributed by atoms with Gasteiger partial charge in [-0.15, -0.1) is 6.58 Å². The van der Waals surface area contributed by atoms with Crippen molar-refractivity contribution in [1.82, 2.24) is 0 Å². The Morgan fingerprint density at radius 3 is 1.71 bits per heavy atom. The van der Waals surface area contributed by atoms with Crippen LogP contribution in [-0.2, 0) is 13.3 Å². The Hall–Kier alpha value is -0.163. The van der Waals surface area contributed by atoms with E-state index in [1.54, 1.807) is 0 Å². The van der Waals surface area contributed by atoms with Gasteiger partial charge in [0.15, 0.2) is 0 Å². The van der Waals surface area contributed by atoms with E-state index in [9.17, 15) is 0 Å². The van der Waals surface area contributed by atoms with E-state index in [1.807, 2.05) is 32.9 Å². The van der Waals surface area contributed by atoms with Crippen molar-refractivity contribution in [2.75, 3.05) is 19.8 Å². The standard InChI is InChI=1S/C10H21O3Si/c1-5-9-10-14(11-6-2,12-7-3)13-8-4/h5,10H,1,6-9H2,2-4H3. The zero-order chi connectivity index (χ0) is 10.9. The summed E-state index contributed by atoms with van der Waals surface area (Å²) < 4.78 is 16.8. The van der Waals surface area contributed by atoms with Crippen molar-refractivity contribution in [1.29, 1.82) is 0 Å². The summed E-state index contributed by atoms with van der Waals surface area (Å²) >= 11 is 0. The number of rotatable bonds is 9. The van der Waals surface area contributed by atoms with Gasteiger partial charge in [-0.05, 0) is 27.2 Å². The second-order valence-corrected chi connectivity index (χ2v) is 5.11. The van der Waals surface area contributed by atoms with E-state index < -0.39 is 8.80 Å². The zero-order valence-corrected chi connectivity index (χ0v) is 10.4. The van der Waals surface area contributed by atoms with E-state index in [2.05, 4.69) is 6.58 Å². The maximum atomic E-state index is 5.60. The highest BCUT2D eigenvalue weighted by Crippen LogP contribution is 2.15. The van der Waals surface area contributed by atoms with Gasteiger partial charge in [-0.2, -0.15) is 0 Å². The Morgan fingerprint density at radius 2 is 1.43 bits per heavy atom. The highest BCUT2D eigenvalue weighted by molar-refractivity contribution is 6.64. The summed E-state index contributed by atoms with van der Waals surface area (Å²) in [6.45, 7) is 11.3. The number of allylic oxidation sites excluding steroid dienone is 1. The Labute approximate surface area is 88.4 Å². The van der Waals surface area contributed by atoms with Crippen LogP contribution in [0.15, 0.2) is 12.7 Å². The van der Waals surface area contributed by atoms with Gasteiger partial charge in [-0.3, -0.25) is 0 Å². The summed E-state index contributed by atoms with van der Waals surface area (Å²) in [4.78, 5) is 0. The lowest BCUT2D eigenvalue weighted by molar-refractivity contribution is 0.0791. The van der Waals surface area contributed by atoms with Crippen molar-refractivity contribution in [3.05, 3.63) is 18.7 Å². The fourth-order valence-electron chi connectivity index (χ4n) is 1.13. The molecule has 0 atom stereocenters. The normalized spacial score (nSPS) is 11.6. The fourth-order valence-corrected chi connectivity index (χ4v) is 3.40. The molecule has 0 bridgehead atoms. The summed E-state index contributed by atoms with van der Waals surface area (Å²) in [6, 6.07) is 1.98. The highest BCUT2D eigenvalue weighted by Gasteiger charge is 2.39. The monoisotopic (exact) mass is 217 g/mol. The third kappa shape index (κ3) is 4.90. The lowest BCUT2D eigenvalue weighted by atomic mass is 10.5. The van der Waals surface area contributed by atoms with Gasteiger partial charge in [0.1, 0.15) is 0 Å². The van der Waals surface area contributed by atoms with Crippen LogP contribution in [0.1, 0.15) is 27.2 Å². The molecule has 1 radical (unpaired) electrons. The minimum Gasteiger partial charge on any atom is -0.374 e. The summed E-state index contributed by atoms with van der Waals surface area (Å²) in [6.07, 6.45) is 2.57. The van der Waals surface area contributed by atoms with Gasteiger partial charge >= 0.3 is 8.80 Å². The fraction of sp³-hybridized carbons (Fsp3) is 0.700. The average Bonchev–Trinajstić information content (AvgIpc) is 2.16. The summed E-state index contributed by atoms with van der Waals surface area (Å²) in [5, 5.41) is 0. The van der Waals surface area contributed by atoms with Crippen LogP contribution in [-0.4, -0.2) is 28.6 Å². The second kappa shape index (κ2) is 8.17. The minimum absolute atomic E-state index is 0.611. The van der Waals surface area contributed by atoms with Crippen LogP contribution in [0, 0.1) is 6.04 Å². The van der Waals surface area contributed by atoms with E-state index in [4.69, 9.17) is 13.3 Å². The zero-order valence-electron chi connectivity index (χ0n) is 9.41. The lowest BCUT2D eigenvalue weighted by Crippen LogP contribution is -2.47. The quantitative estimate of drug-likeness (QED) is 0.438. The maximum Gasteiger partial charge on any atom is 0.504 e. The molecule has 0 aromatic carbocycles. The maximum absolute atomic E-state index is 5.60. The first kappa shape index (κ1) is 13.8. The van der Waals surface area contributed by atoms with Crippen molar-refractivity contribution in [3.8, 4) is 0 Å². The molecule has 83 valence electrons. The van der Waals surface area contributed by atoms with Crippen molar-refractivity contribution < 1.29 is 13.3 Å². The van der Waals surface area contributed by atoms with Gasteiger partial charge < -0.3 is 13.3 Å². The first-order valence-corrected chi connectivity index (χ1v) is 6.92. The molecular weight excluding hydrogens is 196 g/mol. The van der Waals surface area contributed by atoms with Crippen molar-refractivity contribution in [2.45, 2.75) is 27.2 Å². The second-order valence-electron chi connectivity index (χ2n) is 2.63. The van der Waals surface area contributed by atoms with Crippen molar-refractivity contribution >= 4 is 8.80 Å². The molecule has 0 aromatic rings. The molecule has 0 aliphatic rings. The van der Waals surface area contributed by atoms with Crippen LogP contribution >= 0.6 is 0 Å². The molecule has 0 rings (SSSR count). The third-order valence-corrected chi connectivity index (χ3v) is 4.38. The predicted molar refractivity (Wildman–Crippen MR) is 59.7 cm³/mol. The summed E-state index contributed by atoms with van der Waals surface area (Å²) in [7, 11) is -2.51. The van der Waals surface area contributed by atoms with Crippen LogP contribution in [0.2, 0.25) is 0 Å². The van der Waals surface area contributed by atoms with Crippen LogP contribution in [0.4, 0.5) is 0 Å². The topological polar surface area (TPSA) is 27.7 Å². The number of hydrogen-bond donors (Lipinski definition) is 0. The van der Waals surface area contributed by atoms with Crippen molar-refractivity contribution in [2.24, 2.45) is 0 Å². The van der Waals surface area contributed by atoms with Crippen molar-refractivity contribution in [3.63, 3.8) is 0 Å². The van der Waals surface area contributed by atoms with Crippen LogP contribution < -0.4 is 0 Å². The van der Waals surface area contributed by atoms with E-state index >= 15 is 0 Å². The molecule has 0 aliphatic heterocycles. The van der Waals surface area contributed by atoms with E-state index in [0.717, 1.165) is 6.42 Å². The molecule has 0 amide bonds. The third-order valence-electron chi connectivity index (χ3n) is 1.57. The van der Waals surface area contributed by atoms with Gasteiger partial charge in [-0.1, -0.05) is 6.08 Å². The van der Waals surface area contributed by atoms with Crippen LogP contribution in [0.5, 0.6) is 0 Å². The van der Waals surface area contributed by atoms with E-state index in [0.29, 0.717) is 19.8 Å². The molecule has 0 N–H and O–H groups in total. The first-order chi connectivity index (χ1) is 6.74. The molecule has 0 unspecified atom stereocenters. The molecule has 0 heterocycles. The van der Waals surface area contributed by atoms with Gasteiger partial charge in [0.25, 0.3) is 0 Å². The largest absolute Gasteiger partial charge is 0.504 e. The van der Waals surface area contributed by atoms with Gasteiger partial charge in [-0.25, -0.2) is 0 Å². The minimum atomic E-state index is -2.51. The predicted octanol–water partition coefficient (Wildman–Crippen LogP) is 2.35. The molecule has 14 heavy (non-hydrogen) atoms. The highest BCUT2D eigenvalue weighted by atomic mass is 28.4. The molecule has 0 fully saturated rings. The van der Waals surface area contributed by atoms with E-state index in [-0.39, 0.29) is 0 Å². The SMILES string of the molecule is C=CC[CH][Si](OCC)(OCC)OCC. The molecule has 0 aromatic heterocycles. The molecule has 3 nitrogen and oxygen atoms in total. The summed E-state index contributed by atoms with van der Waals surface area (Å²) in [5.41, 5.74) is 0. The Balaban J connectivity index is 4.28. The molecule has 0 spiro atoms. The molecule has 0 aliphatic carbocycles. The Bertz CT molecular complexity index is 133.